The molecule has 1 aliphatic heterocycles. The zero-order chi connectivity index (χ0) is 14.1. The summed E-state index contributed by atoms with van der Waals surface area (Å²) < 4.78 is 0. The highest BCUT2D eigenvalue weighted by atomic mass is 16.1. The van der Waals surface area contributed by atoms with Crippen molar-refractivity contribution in [1.82, 2.24) is 0 Å². The van der Waals surface area contributed by atoms with Crippen molar-refractivity contribution in [2.45, 2.75) is 25.8 Å². The highest BCUT2D eigenvalue weighted by molar-refractivity contribution is 5.93. The van der Waals surface area contributed by atoms with Crippen molar-refractivity contribution < 1.29 is 4.79 Å². The van der Waals surface area contributed by atoms with Gasteiger partial charge in [-0.15, -0.1) is 0 Å². The standard InChI is InChI=1S/C17H18N2O/c1-11-3-2-4-12(9-11)13-5-6-14-15(18)7-8-17(20)19-16(14)10-13/h2-6,9-10,15H,7-8,18H2,1H3,(H,19,20)/t15-/m1/s1. The van der Waals surface area contributed by atoms with E-state index >= 15 is 0 Å². The Hall–Kier alpha value is -2.13. The average molecular weight is 266 g/mol. The van der Waals surface area contributed by atoms with Gasteiger partial charge in [0.1, 0.15) is 0 Å². The second-order valence-electron chi connectivity index (χ2n) is 5.36. The van der Waals surface area contributed by atoms with Gasteiger partial charge in [0, 0.05) is 18.2 Å². The van der Waals surface area contributed by atoms with Crippen molar-refractivity contribution in [2.24, 2.45) is 5.73 Å². The topological polar surface area (TPSA) is 55.1 Å². The van der Waals surface area contributed by atoms with E-state index in [1.807, 2.05) is 18.2 Å². The lowest BCUT2D eigenvalue weighted by molar-refractivity contribution is -0.116. The molecule has 0 spiro atoms. The molecule has 0 aromatic heterocycles. The van der Waals surface area contributed by atoms with Crippen molar-refractivity contribution in [3.63, 3.8) is 0 Å². The summed E-state index contributed by atoms with van der Waals surface area (Å²) >= 11 is 0. The number of aryl methyl sites for hydroxylation is 1. The Kier molecular flexibility index (Phi) is 3.28. The average Bonchev–Trinajstić information content (AvgIpc) is 2.58. The van der Waals surface area contributed by atoms with Gasteiger partial charge < -0.3 is 11.1 Å². The molecule has 0 radical (unpaired) electrons. The number of fused-ring (bicyclic) bond motifs is 1. The molecular weight excluding hydrogens is 248 g/mol. The van der Waals surface area contributed by atoms with E-state index < -0.39 is 0 Å². The number of benzene rings is 2. The molecule has 0 aliphatic carbocycles. The summed E-state index contributed by atoms with van der Waals surface area (Å²) in [6.45, 7) is 2.07. The van der Waals surface area contributed by atoms with E-state index in [2.05, 4.69) is 36.5 Å². The second-order valence-corrected chi connectivity index (χ2v) is 5.36. The summed E-state index contributed by atoms with van der Waals surface area (Å²) in [6, 6.07) is 14.4. The fourth-order valence-corrected chi connectivity index (χ4v) is 2.65. The van der Waals surface area contributed by atoms with E-state index in [1.54, 1.807) is 0 Å². The number of carbonyl (C=O) groups excluding carboxylic acids is 1. The molecule has 0 bridgehead atoms. The Balaban J connectivity index is 2.06. The Morgan fingerprint density at radius 2 is 1.95 bits per heavy atom. The van der Waals surface area contributed by atoms with Crippen LogP contribution in [-0.2, 0) is 4.79 Å². The van der Waals surface area contributed by atoms with Gasteiger partial charge in [-0.3, -0.25) is 4.79 Å². The van der Waals surface area contributed by atoms with Gasteiger partial charge in [-0.25, -0.2) is 0 Å². The van der Waals surface area contributed by atoms with Crippen LogP contribution in [-0.4, -0.2) is 5.91 Å². The lowest BCUT2D eigenvalue weighted by Gasteiger charge is -2.14. The number of rotatable bonds is 1. The van der Waals surface area contributed by atoms with E-state index in [1.165, 1.54) is 5.56 Å². The summed E-state index contributed by atoms with van der Waals surface area (Å²) in [5.41, 5.74) is 11.5. The third-order valence-corrected chi connectivity index (χ3v) is 3.76. The predicted molar refractivity (Wildman–Crippen MR) is 81.4 cm³/mol. The minimum Gasteiger partial charge on any atom is -0.326 e. The summed E-state index contributed by atoms with van der Waals surface area (Å²) in [5.74, 6) is 0.0422. The number of nitrogens with two attached hydrogens (primary N) is 1. The number of hydrogen-bond acceptors (Lipinski definition) is 2. The van der Waals surface area contributed by atoms with Gasteiger partial charge in [0.2, 0.25) is 5.91 Å². The van der Waals surface area contributed by atoms with Crippen LogP contribution in [0.4, 0.5) is 5.69 Å². The van der Waals surface area contributed by atoms with Crippen molar-refractivity contribution in [3.05, 3.63) is 53.6 Å². The summed E-state index contributed by atoms with van der Waals surface area (Å²) in [6.07, 6.45) is 1.18. The summed E-state index contributed by atoms with van der Waals surface area (Å²) in [5, 5.41) is 2.96. The van der Waals surface area contributed by atoms with E-state index in [4.69, 9.17) is 5.73 Å². The van der Waals surface area contributed by atoms with Crippen LogP contribution in [0.1, 0.15) is 30.0 Å². The largest absolute Gasteiger partial charge is 0.326 e. The quantitative estimate of drug-likeness (QED) is 0.831. The van der Waals surface area contributed by atoms with Crippen LogP contribution in [0.15, 0.2) is 42.5 Å². The molecule has 3 nitrogen and oxygen atoms in total. The van der Waals surface area contributed by atoms with E-state index in [0.717, 1.165) is 22.4 Å². The fraction of sp³-hybridized carbons (Fsp3) is 0.235. The van der Waals surface area contributed by atoms with Crippen LogP contribution in [0.3, 0.4) is 0 Å². The molecule has 0 saturated carbocycles. The van der Waals surface area contributed by atoms with Gasteiger partial charge in [-0.1, -0.05) is 42.0 Å². The van der Waals surface area contributed by atoms with Gasteiger partial charge >= 0.3 is 0 Å². The molecule has 3 heteroatoms. The molecule has 3 N–H and O–H groups in total. The van der Waals surface area contributed by atoms with Gasteiger partial charge in [-0.2, -0.15) is 0 Å². The first-order valence-corrected chi connectivity index (χ1v) is 6.90. The van der Waals surface area contributed by atoms with Crippen LogP contribution >= 0.6 is 0 Å². The Bertz CT molecular complexity index is 664. The number of nitrogens with one attached hydrogen (secondary N) is 1. The molecule has 1 aliphatic rings. The molecule has 1 amide bonds. The predicted octanol–water partition coefficient (Wildman–Crippen LogP) is 3.39. The highest BCUT2D eigenvalue weighted by Crippen LogP contribution is 2.32. The molecule has 20 heavy (non-hydrogen) atoms. The van der Waals surface area contributed by atoms with Crippen LogP contribution in [0, 0.1) is 6.92 Å². The molecule has 0 unspecified atom stereocenters. The second kappa shape index (κ2) is 5.10. The van der Waals surface area contributed by atoms with Crippen LogP contribution in [0.5, 0.6) is 0 Å². The minimum absolute atomic E-state index is 0.0422. The van der Waals surface area contributed by atoms with Crippen LogP contribution in [0.2, 0.25) is 0 Å². The lowest BCUT2D eigenvalue weighted by atomic mass is 9.97. The van der Waals surface area contributed by atoms with Crippen molar-refractivity contribution in [3.8, 4) is 11.1 Å². The first-order valence-electron chi connectivity index (χ1n) is 6.90. The fourth-order valence-electron chi connectivity index (χ4n) is 2.65. The van der Waals surface area contributed by atoms with Crippen LogP contribution in [0.25, 0.3) is 11.1 Å². The maximum absolute atomic E-state index is 11.7. The molecule has 0 fully saturated rings. The first-order chi connectivity index (χ1) is 9.63. The minimum atomic E-state index is -0.0736. The normalized spacial score (nSPS) is 18.1. The third kappa shape index (κ3) is 2.45. The molecule has 1 atom stereocenters. The smallest absolute Gasteiger partial charge is 0.224 e. The number of anilines is 1. The first kappa shape index (κ1) is 12.9. The Morgan fingerprint density at radius 1 is 1.15 bits per heavy atom. The molecule has 1 heterocycles. The Labute approximate surface area is 118 Å². The summed E-state index contributed by atoms with van der Waals surface area (Å²) in [7, 11) is 0. The van der Waals surface area contributed by atoms with Gasteiger partial charge in [-0.05, 0) is 36.1 Å². The van der Waals surface area contributed by atoms with Crippen molar-refractivity contribution in [2.75, 3.05) is 5.32 Å². The third-order valence-electron chi connectivity index (χ3n) is 3.76. The zero-order valence-corrected chi connectivity index (χ0v) is 11.5. The van der Waals surface area contributed by atoms with Crippen molar-refractivity contribution >= 4 is 11.6 Å². The van der Waals surface area contributed by atoms with Crippen LogP contribution < -0.4 is 11.1 Å². The monoisotopic (exact) mass is 266 g/mol. The lowest BCUT2D eigenvalue weighted by Crippen LogP contribution is -2.09. The maximum Gasteiger partial charge on any atom is 0.224 e. The molecule has 3 rings (SSSR count). The molecule has 2 aromatic carbocycles. The van der Waals surface area contributed by atoms with E-state index in [-0.39, 0.29) is 11.9 Å². The van der Waals surface area contributed by atoms with Crippen molar-refractivity contribution in [1.29, 1.82) is 0 Å². The molecule has 2 aromatic rings. The van der Waals surface area contributed by atoms with Gasteiger partial charge in [0.25, 0.3) is 0 Å². The van der Waals surface area contributed by atoms with E-state index in [0.29, 0.717) is 12.8 Å². The number of hydrogen-bond donors (Lipinski definition) is 2. The highest BCUT2D eigenvalue weighted by Gasteiger charge is 2.19. The molecule has 0 saturated heterocycles. The molecular formula is C17H18N2O. The SMILES string of the molecule is Cc1cccc(-c2ccc3c(c2)NC(=O)CC[C@H]3N)c1. The zero-order valence-electron chi connectivity index (χ0n) is 11.5. The number of amides is 1. The number of carbonyl (C=O) groups is 1. The van der Waals surface area contributed by atoms with E-state index in [9.17, 15) is 4.79 Å². The van der Waals surface area contributed by atoms with Gasteiger partial charge in [0.05, 0.1) is 0 Å². The summed E-state index contributed by atoms with van der Waals surface area (Å²) in [4.78, 5) is 11.7. The maximum atomic E-state index is 11.7. The van der Waals surface area contributed by atoms with Gasteiger partial charge in [0.15, 0.2) is 0 Å². The molecule has 102 valence electrons. The Morgan fingerprint density at radius 3 is 2.75 bits per heavy atom.